The summed E-state index contributed by atoms with van der Waals surface area (Å²) in [5, 5.41) is 0.248. The number of hydrogen-bond donors (Lipinski definition) is 0. The van der Waals surface area contributed by atoms with E-state index in [0.717, 1.165) is 18.8 Å². The number of carbonyl (C=O) groups is 1. The van der Waals surface area contributed by atoms with Gasteiger partial charge in [-0.2, -0.15) is 0 Å². The van der Waals surface area contributed by atoms with Gasteiger partial charge < -0.3 is 9.16 Å². The van der Waals surface area contributed by atoms with Crippen molar-refractivity contribution in [2.24, 2.45) is 23.7 Å². The zero-order valence-electron chi connectivity index (χ0n) is 15.1. The monoisotopic (exact) mass is 324 g/mol. The first-order valence-corrected chi connectivity index (χ1v) is 11.8. The largest absolute Gasteiger partial charge is 0.469 e. The number of esters is 1. The molecule has 4 saturated carbocycles. The van der Waals surface area contributed by atoms with E-state index in [9.17, 15) is 4.79 Å². The SMILES string of the molecule is COC(=O)C1C2CC3CC1CC(O[Si](C)(C)C(C)(C)C)(C3)C2. The number of hydrogen-bond acceptors (Lipinski definition) is 3. The van der Waals surface area contributed by atoms with Crippen molar-refractivity contribution in [1.82, 2.24) is 0 Å². The molecule has 0 aliphatic heterocycles. The van der Waals surface area contributed by atoms with Crippen LogP contribution in [0.5, 0.6) is 0 Å². The summed E-state index contributed by atoms with van der Waals surface area (Å²) in [4.78, 5) is 12.2. The lowest BCUT2D eigenvalue weighted by molar-refractivity contribution is -0.176. The average molecular weight is 325 g/mol. The quantitative estimate of drug-likeness (QED) is 0.571. The molecule has 0 aromatic rings. The number of carbonyl (C=O) groups excluding carboxylic acids is 1. The second kappa shape index (κ2) is 5.07. The predicted octanol–water partition coefficient (Wildman–Crippen LogP) is 4.38. The molecule has 4 fully saturated rings. The van der Waals surface area contributed by atoms with Crippen LogP contribution in [0.4, 0.5) is 0 Å². The van der Waals surface area contributed by atoms with Crippen LogP contribution in [0.15, 0.2) is 0 Å². The standard InChI is InChI=1S/C18H32O3Si/c1-17(2,3)22(5,6)21-18-9-12-7-13(10-18)15(16(19)20-4)14(8-12)11-18/h12-15H,7-11H2,1-6H3. The lowest BCUT2D eigenvalue weighted by Crippen LogP contribution is -2.61. The molecular weight excluding hydrogens is 292 g/mol. The first kappa shape index (κ1) is 16.5. The molecule has 126 valence electrons. The smallest absolute Gasteiger partial charge is 0.309 e. The molecule has 2 unspecified atom stereocenters. The summed E-state index contributed by atoms with van der Waals surface area (Å²) in [5.74, 6) is 1.91. The van der Waals surface area contributed by atoms with Gasteiger partial charge in [-0.05, 0) is 68.0 Å². The van der Waals surface area contributed by atoms with Crippen LogP contribution in [0.25, 0.3) is 0 Å². The minimum Gasteiger partial charge on any atom is -0.469 e. The fourth-order valence-electron chi connectivity index (χ4n) is 5.29. The summed E-state index contributed by atoms with van der Waals surface area (Å²) < 4.78 is 12.0. The third kappa shape index (κ3) is 2.56. The molecule has 0 aromatic heterocycles. The molecule has 0 spiro atoms. The Balaban J connectivity index is 1.82. The maximum absolute atomic E-state index is 12.2. The van der Waals surface area contributed by atoms with Crippen molar-refractivity contribution in [3.05, 3.63) is 0 Å². The fourth-order valence-corrected chi connectivity index (χ4v) is 6.93. The lowest BCUT2D eigenvalue weighted by atomic mass is 9.50. The first-order chi connectivity index (χ1) is 10.1. The Morgan fingerprint density at radius 2 is 1.64 bits per heavy atom. The molecule has 0 heterocycles. The maximum Gasteiger partial charge on any atom is 0.309 e. The third-order valence-electron chi connectivity index (χ3n) is 6.97. The normalized spacial score (nSPS) is 40.8. The summed E-state index contributed by atoms with van der Waals surface area (Å²) in [6, 6.07) is 0. The van der Waals surface area contributed by atoms with E-state index >= 15 is 0 Å². The third-order valence-corrected chi connectivity index (χ3v) is 11.5. The molecule has 4 bridgehead atoms. The Kier molecular flexibility index (Phi) is 3.80. The van der Waals surface area contributed by atoms with Crippen LogP contribution in [0.3, 0.4) is 0 Å². The van der Waals surface area contributed by atoms with Crippen molar-refractivity contribution in [3.8, 4) is 0 Å². The lowest BCUT2D eigenvalue weighted by Gasteiger charge is -2.61. The highest BCUT2D eigenvalue weighted by Crippen LogP contribution is 2.61. The minimum atomic E-state index is -1.76. The van der Waals surface area contributed by atoms with Gasteiger partial charge in [0.25, 0.3) is 0 Å². The Bertz CT molecular complexity index is 449. The Morgan fingerprint density at radius 1 is 1.09 bits per heavy atom. The van der Waals surface area contributed by atoms with Crippen molar-refractivity contribution < 1.29 is 14.0 Å². The number of ether oxygens (including phenoxy) is 1. The van der Waals surface area contributed by atoms with Crippen LogP contribution >= 0.6 is 0 Å². The zero-order chi connectivity index (χ0) is 16.3. The Hall–Kier alpha value is -0.353. The number of rotatable bonds is 3. The molecule has 0 N–H and O–H groups in total. The second-order valence-corrected chi connectivity index (χ2v) is 14.3. The van der Waals surface area contributed by atoms with Gasteiger partial charge in [-0.1, -0.05) is 20.8 Å². The molecule has 0 radical (unpaired) electrons. The molecule has 4 rings (SSSR count). The second-order valence-electron chi connectivity index (χ2n) is 9.56. The Labute approximate surface area is 136 Å². The van der Waals surface area contributed by atoms with Crippen molar-refractivity contribution in [2.45, 2.75) is 76.6 Å². The highest BCUT2D eigenvalue weighted by molar-refractivity contribution is 6.74. The van der Waals surface area contributed by atoms with Crippen molar-refractivity contribution >= 4 is 14.3 Å². The molecule has 0 amide bonds. The average Bonchev–Trinajstić information content (AvgIpc) is 2.34. The van der Waals surface area contributed by atoms with Gasteiger partial charge in [0, 0.05) is 0 Å². The first-order valence-electron chi connectivity index (χ1n) is 8.85. The molecule has 4 aliphatic carbocycles. The van der Waals surface area contributed by atoms with E-state index < -0.39 is 8.32 Å². The van der Waals surface area contributed by atoms with Gasteiger partial charge in [-0.3, -0.25) is 4.79 Å². The molecule has 4 heteroatoms. The van der Waals surface area contributed by atoms with Gasteiger partial charge in [-0.15, -0.1) is 0 Å². The van der Waals surface area contributed by atoms with Crippen molar-refractivity contribution in [1.29, 1.82) is 0 Å². The van der Waals surface area contributed by atoms with Crippen molar-refractivity contribution in [2.75, 3.05) is 7.11 Å². The van der Waals surface area contributed by atoms with Gasteiger partial charge in [0.05, 0.1) is 18.6 Å². The van der Waals surface area contributed by atoms with Gasteiger partial charge in [0.2, 0.25) is 0 Å². The van der Waals surface area contributed by atoms with E-state index in [1.165, 1.54) is 26.4 Å². The van der Waals surface area contributed by atoms with E-state index in [1.807, 2.05) is 0 Å². The van der Waals surface area contributed by atoms with Crippen LogP contribution in [-0.2, 0) is 14.0 Å². The fraction of sp³-hybridized carbons (Fsp3) is 0.944. The maximum atomic E-state index is 12.2. The van der Waals surface area contributed by atoms with Crippen LogP contribution in [0.1, 0.15) is 52.9 Å². The van der Waals surface area contributed by atoms with Crippen LogP contribution in [0.2, 0.25) is 18.1 Å². The minimum absolute atomic E-state index is 0.0243. The summed E-state index contributed by atoms with van der Waals surface area (Å²) >= 11 is 0. The van der Waals surface area contributed by atoms with E-state index in [1.54, 1.807) is 0 Å². The van der Waals surface area contributed by atoms with E-state index in [4.69, 9.17) is 9.16 Å². The van der Waals surface area contributed by atoms with E-state index in [-0.39, 0.29) is 22.5 Å². The molecule has 4 aliphatic rings. The van der Waals surface area contributed by atoms with Gasteiger partial charge in [0.1, 0.15) is 0 Å². The molecule has 0 aromatic carbocycles. The van der Waals surface area contributed by atoms with E-state index in [2.05, 4.69) is 33.9 Å². The van der Waals surface area contributed by atoms with Gasteiger partial charge >= 0.3 is 5.97 Å². The summed E-state index contributed by atoms with van der Waals surface area (Å²) in [5.41, 5.74) is 0.0595. The highest BCUT2D eigenvalue weighted by atomic mass is 28.4. The molecule has 3 nitrogen and oxygen atoms in total. The predicted molar refractivity (Wildman–Crippen MR) is 90.1 cm³/mol. The summed E-state index contributed by atoms with van der Waals surface area (Å²) in [7, 11) is -0.227. The molecule has 22 heavy (non-hydrogen) atoms. The van der Waals surface area contributed by atoms with Crippen LogP contribution < -0.4 is 0 Å². The van der Waals surface area contributed by atoms with Gasteiger partial charge in [0.15, 0.2) is 8.32 Å². The van der Waals surface area contributed by atoms with E-state index in [0.29, 0.717) is 11.8 Å². The van der Waals surface area contributed by atoms with Crippen LogP contribution in [-0.4, -0.2) is 27.0 Å². The topological polar surface area (TPSA) is 35.5 Å². The summed E-state index contributed by atoms with van der Waals surface area (Å²) in [6.07, 6.45) is 5.79. The van der Waals surface area contributed by atoms with Crippen molar-refractivity contribution in [3.63, 3.8) is 0 Å². The van der Waals surface area contributed by atoms with Gasteiger partial charge in [-0.25, -0.2) is 0 Å². The highest BCUT2D eigenvalue weighted by Gasteiger charge is 2.60. The molecule has 2 atom stereocenters. The summed E-state index contributed by atoms with van der Waals surface area (Å²) in [6.45, 7) is 11.7. The molecular formula is C18H32O3Si. The molecule has 0 saturated heterocycles. The van der Waals surface area contributed by atoms with Crippen LogP contribution in [0, 0.1) is 23.7 Å². The zero-order valence-corrected chi connectivity index (χ0v) is 16.1. The Morgan fingerprint density at radius 3 is 2.09 bits per heavy atom. The number of methoxy groups -OCH3 is 1.